The van der Waals surface area contributed by atoms with Crippen molar-refractivity contribution in [1.82, 2.24) is 10.2 Å². The summed E-state index contributed by atoms with van der Waals surface area (Å²) >= 11 is 0. The van der Waals surface area contributed by atoms with Crippen molar-refractivity contribution in [3.05, 3.63) is 108 Å². The van der Waals surface area contributed by atoms with Gasteiger partial charge in [-0.2, -0.15) is 29.8 Å². The quantitative estimate of drug-likeness (QED) is 0.0386. The van der Waals surface area contributed by atoms with Gasteiger partial charge >= 0.3 is 0 Å². The van der Waals surface area contributed by atoms with Gasteiger partial charge < -0.3 is 19.7 Å². The number of carbonyl (C=O) groups is 3. The zero-order valence-electron chi connectivity index (χ0n) is 40.8. The first kappa shape index (κ1) is 55.8. The third-order valence-electron chi connectivity index (χ3n) is 12.9. The van der Waals surface area contributed by atoms with Gasteiger partial charge in [0, 0.05) is 100.0 Å². The minimum atomic E-state index is -4.04. The van der Waals surface area contributed by atoms with Crippen molar-refractivity contribution in [1.29, 1.82) is 0 Å². The second-order valence-electron chi connectivity index (χ2n) is 17.2. The average Bonchev–Trinajstić information content (AvgIpc) is 3.87. The van der Waals surface area contributed by atoms with E-state index in [1.54, 1.807) is 38.5 Å². The van der Waals surface area contributed by atoms with Crippen molar-refractivity contribution < 1.29 is 66.2 Å². The summed E-state index contributed by atoms with van der Waals surface area (Å²) in [5, 5.41) is 2.78. The summed E-state index contributed by atoms with van der Waals surface area (Å²) in [6, 6.07) is 9.77. The molecule has 3 amide bonds. The van der Waals surface area contributed by atoms with Gasteiger partial charge in [0.05, 0.1) is 48.9 Å². The molecule has 0 spiro atoms. The first-order chi connectivity index (χ1) is 33.2. The largest absolute Gasteiger partial charge is 0.385 e. The van der Waals surface area contributed by atoms with Crippen LogP contribution in [0, 0.1) is 0 Å². The summed E-state index contributed by atoms with van der Waals surface area (Å²) < 4.78 is 104. The van der Waals surface area contributed by atoms with Gasteiger partial charge in [0.1, 0.15) is 6.54 Å². The van der Waals surface area contributed by atoms with E-state index in [2.05, 4.69) is 16.8 Å². The molecular weight excluding hydrogens is 965 g/mol. The Kier molecular flexibility index (Phi) is 19.4. The average molecular weight is 1030 g/mol. The highest BCUT2D eigenvalue weighted by Crippen LogP contribution is 2.51. The van der Waals surface area contributed by atoms with Gasteiger partial charge in [0.15, 0.2) is 5.71 Å². The molecule has 3 aliphatic heterocycles. The van der Waals surface area contributed by atoms with E-state index in [1.165, 1.54) is 24.3 Å². The Balaban J connectivity index is 1.41. The maximum atomic E-state index is 12.9. The van der Waals surface area contributed by atoms with Gasteiger partial charge in [0.25, 0.3) is 42.2 Å². The van der Waals surface area contributed by atoms with Gasteiger partial charge in [0.2, 0.25) is 11.6 Å². The van der Waals surface area contributed by atoms with Crippen LogP contribution in [0.5, 0.6) is 0 Å². The fourth-order valence-corrected chi connectivity index (χ4v) is 11.1. The summed E-state index contributed by atoms with van der Waals surface area (Å²) in [4.78, 5) is 39.4. The number of nitrogens with zero attached hydrogens (tertiary/aromatic N) is 3. The van der Waals surface area contributed by atoms with E-state index >= 15 is 0 Å². The molecule has 0 saturated heterocycles. The van der Waals surface area contributed by atoms with Gasteiger partial charge in [-0.15, -0.1) is 0 Å². The van der Waals surface area contributed by atoms with Crippen LogP contribution in [0.15, 0.2) is 107 Å². The molecule has 2 unspecified atom stereocenters. The first-order valence-electron chi connectivity index (χ1n) is 22.8. The highest BCUT2D eigenvalue weighted by Gasteiger charge is 2.48. The molecule has 18 nitrogen and oxygen atoms in total. The molecule has 21 heteroatoms. The van der Waals surface area contributed by atoms with Crippen LogP contribution in [-0.4, -0.2) is 139 Å². The number of fused-ring (bicyclic) bond motifs is 2. The SMILES string of the molecule is COCCN1/C(=C/C=C/C=C/C=C/C2=[N+](CCCCCC(=O)NCCN3C(=O)C=CC3=O)c3ccc(S(=O)(=O)OC)cc3C2(C)CCOC)C(C)(CCCS(=O)(=O)OC)c2cc(S(=O)(=O)OC)ccc21. The predicted molar refractivity (Wildman–Crippen MR) is 264 cm³/mol. The number of amides is 3. The number of ether oxygens (including phenoxy) is 2. The fourth-order valence-electron chi connectivity index (χ4n) is 9.01. The Labute approximate surface area is 412 Å². The Morgan fingerprint density at radius 3 is 1.96 bits per heavy atom. The lowest BCUT2D eigenvalue weighted by atomic mass is 9.76. The number of unbranched alkanes of at least 4 members (excludes halogenated alkanes) is 2. The first-order valence-corrected chi connectivity index (χ1v) is 27.2. The lowest BCUT2D eigenvalue weighted by Crippen LogP contribution is -2.38. The van der Waals surface area contributed by atoms with Crippen LogP contribution >= 0.6 is 0 Å². The molecule has 1 N–H and O–H groups in total. The minimum Gasteiger partial charge on any atom is -0.385 e. The number of imide groups is 1. The second-order valence-corrected chi connectivity index (χ2v) is 22.5. The van der Waals surface area contributed by atoms with E-state index < -0.39 is 53.0 Å². The number of hydrogen-bond acceptors (Lipinski definition) is 15. The van der Waals surface area contributed by atoms with Crippen molar-refractivity contribution in [3.8, 4) is 0 Å². The number of nitrogens with one attached hydrogen (secondary N) is 1. The number of rotatable bonds is 28. The molecule has 70 heavy (non-hydrogen) atoms. The normalized spacial score (nSPS) is 20.1. The van der Waals surface area contributed by atoms with Gasteiger partial charge in [-0.05, 0) is 87.9 Å². The summed E-state index contributed by atoms with van der Waals surface area (Å²) in [5.41, 5.74) is 3.32. The Morgan fingerprint density at radius 2 is 1.31 bits per heavy atom. The molecule has 0 saturated carbocycles. The van der Waals surface area contributed by atoms with Crippen LogP contribution in [0.1, 0.15) is 69.9 Å². The summed E-state index contributed by atoms with van der Waals surface area (Å²) in [7, 11) is -5.27. The van der Waals surface area contributed by atoms with Crippen molar-refractivity contribution in [2.75, 3.05) is 85.6 Å². The lowest BCUT2D eigenvalue weighted by Gasteiger charge is -2.30. The Morgan fingerprint density at radius 1 is 0.686 bits per heavy atom. The zero-order valence-corrected chi connectivity index (χ0v) is 43.3. The third kappa shape index (κ3) is 13.0. The maximum absolute atomic E-state index is 12.9. The Bertz CT molecular complexity index is 2780. The number of benzene rings is 2. The Hall–Kier alpha value is -5.13. The molecule has 0 fully saturated rings. The van der Waals surface area contributed by atoms with Crippen LogP contribution in [0.4, 0.5) is 11.4 Å². The molecule has 2 aromatic carbocycles. The molecule has 0 aliphatic carbocycles. The fraction of sp³-hybridized carbons (Fsp3) is 0.469. The molecule has 3 heterocycles. The molecule has 2 aromatic rings. The molecule has 382 valence electrons. The number of hydrogen-bond donors (Lipinski definition) is 1. The minimum absolute atomic E-state index is 0.0213. The topological polar surface area (TPSA) is 221 Å². The van der Waals surface area contributed by atoms with Gasteiger partial charge in [-0.3, -0.25) is 31.8 Å². The van der Waals surface area contributed by atoms with Crippen LogP contribution < -0.4 is 10.2 Å². The molecule has 0 aromatic heterocycles. The second kappa shape index (κ2) is 24.3. The van der Waals surface area contributed by atoms with Crippen LogP contribution in [0.2, 0.25) is 0 Å². The summed E-state index contributed by atoms with van der Waals surface area (Å²) in [6.07, 6.45) is 19.1. The van der Waals surface area contributed by atoms with E-state index in [9.17, 15) is 39.6 Å². The number of carbonyl (C=O) groups excluding carboxylic acids is 3. The van der Waals surface area contributed by atoms with E-state index in [0.717, 1.165) is 54.6 Å². The monoisotopic (exact) mass is 1030 g/mol. The summed E-state index contributed by atoms with van der Waals surface area (Å²) in [5.74, 6) is -1.21. The van der Waals surface area contributed by atoms with Crippen molar-refractivity contribution >= 4 is 65.2 Å². The van der Waals surface area contributed by atoms with Crippen molar-refractivity contribution in [2.24, 2.45) is 0 Å². The number of anilines is 1. The maximum Gasteiger partial charge on any atom is 0.296 e. The molecule has 0 bridgehead atoms. The van der Waals surface area contributed by atoms with E-state index in [4.69, 9.17) is 22.0 Å². The summed E-state index contributed by atoms with van der Waals surface area (Å²) in [6.45, 7) is 6.01. The predicted octanol–water partition coefficient (Wildman–Crippen LogP) is 5.08. The zero-order chi connectivity index (χ0) is 51.3. The van der Waals surface area contributed by atoms with E-state index in [0.29, 0.717) is 64.0 Å². The van der Waals surface area contributed by atoms with E-state index in [-0.39, 0.29) is 47.4 Å². The van der Waals surface area contributed by atoms with E-state index in [1.807, 2.05) is 54.4 Å². The third-order valence-corrected chi connectivity index (χ3v) is 16.7. The van der Waals surface area contributed by atoms with Crippen LogP contribution in [0.25, 0.3) is 0 Å². The number of methoxy groups -OCH3 is 2. The van der Waals surface area contributed by atoms with Crippen LogP contribution in [-0.2, 0) is 77.6 Å². The molecule has 5 rings (SSSR count). The van der Waals surface area contributed by atoms with Gasteiger partial charge in [-0.1, -0.05) is 30.4 Å². The highest BCUT2D eigenvalue weighted by atomic mass is 32.2. The smallest absolute Gasteiger partial charge is 0.296 e. The molecule has 0 radical (unpaired) electrons. The van der Waals surface area contributed by atoms with Crippen LogP contribution in [0.3, 0.4) is 0 Å². The standard InChI is InChI=1S/C49H64N4O14S3/c1-48(26-16-34-68(57,58)65-5)39-35-37(69(59,60)66-6)21-23-42(39)52(31-33-64-4)43(48)17-12-9-8-10-13-18-44-49(2,27-32-63-3)40-36-38(70(61,62)67-7)20-22-41(40)51(44)29-15-11-14-19-45(54)50-28-30-53-46(55)24-25-47(53)56/h8-10,12-13,17-18,20-25,35-36H,11,14-16,19,26-34H2,1-7H3/p+1. The number of allylic oxidation sites excluding steroid dienone is 8. The lowest BCUT2D eigenvalue weighted by molar-refractivity contribution is -0.438. The highest BCUT2D eigenvalue weighted by molar-refractivity contribution is 7.87. The molecular formula is C49H65N4O14S3+. The van der Waals surface area contributed by atoms with Gasteiger partial charge in [-0.25, -0.2) is 0 Å². The van der Waals surface area contributed by atoms with Crippen molar-refractivity contribution in [2.45, 2.75) is 79.4 Å². The van der Waals surface area contributed by atoms with Crippen molar-refractivity contribution in [3.63, 3.8) is 0 Å². The molecule has 3 aliphatic rings. The molecule has 2 atom stereocenters.